The van der Waals surface area contributed by atoms with Gasteiger partial charge in [-0.1, -0.05) is 0 Å². The normalized spacial score (nSPS) is 9.00. The van der Waals surface area contributed by atoms with E-state index >= 15 is 0 Å². The minimum absolute atomic E-state index is 0.340. The molecular formula is C4H5N3O. The highest BCUT2D eigenvalue weighted by molar-refractivity contribution is 5.48. The largest absolute Gasteiger partial charge is 0.313 e. The molecule has 0 aliphatic heterocycles. The number of carbonyl (C=O) groups is 1. The lowest BCUT2D eigenvalue weighted by Gasteiger charge is -1.85. The molecule has 0 amide bonds. The minimum Gasteiger partial charge on any atom is -0.313 e. The second kappa shape index (κ2) is 2.20. The third-order valence-electron chi connectivity index (χ3n) is 0.752. The van der Waals surface area contributed by atoms with Crippen molar-refractivity contribution in [2.75, 3.05) is 0 Å². The first-order valence-corrected chi connectivity index (χ1v) is 2.19. The Morgan fingerprint density at radius 1 is 1.50 bits per heavy atom. The van der Waals surface area contributed by atoms with Gasteiger partial charge in [0.2, 0.25) is 0 Å². The van der Waals surface area contributed by atoms with Crippen molar-refractivity contribution in [3.63, 3.8) is 0 Å². The molecule has 42 valence electrons. The van der Waals surface area contributed by atoms with Gasteiger partial charge >= 0.3 is 0 Å². The SMILES string of the molecule is O=CCn1cnnc1. The quantitative estimate of drug-likeness (QED) is 0.482. The van der Waals surface area contributed by atoms with Crippen LogP contribution in [0.25, 0.3) is 0 Å². The van der Waals surface area contributed by atoms with E-state index in [9.17, 15) is 4.79 Å². The molecule has 1 rings (SSSR count). The lowest BCUT2D eigenvalue weighted by atomic mass is 10.7. The number of aromatic nitrogens is 3. The number of aldehydes is 1. The summed E-state index contributed by atoms with van der Waals surface area (Å²) in [6, 6.07) is 0. The fraction of sp³-hybridized carbons (Fsp3) is 0.250. The van der Waals surface area contributed by atoms with Gasteiger partial charge in [-0.05, 0) is 0 Å². The maximum atomic E-state index is 9.80. The van der Waals surface area contributed by atoms with Gasteiger partial charge in [0.15, 0.2) is 0 Å². The van der Waals surface area contributed by atoms with E-state index in [-0.39, 0.29) is 0 Å². The molecule has 4 nitrogen and oxygen atoms in total. The van der Waals surface area contributed by atoms with Crippen molar-refractivity contribution < 1.29 is 4.79 Å². The average molecular weight is 111 g/mol. The molecular weight excluding hydrogens is 106 g/mol. The summed E-state index contributed by atoms with van der Waals surface area (Å²) < 4.78 is 1.59. The van der Waals surface area contributed by atoms with Crippen LogP contribution in [0.15, 0.2) is 12.7 Å². The van der Waals surface area contributed by atoms with Gasteiger partial charge in [0.05, 0.1) is 6.54 Å². The number of hydrogen-bond donors (Lipinski definition) is 0. The molecule has 0 aromatic carbocycles. The molecule has 1 aromatic rings. The molecule has 0 aliphatic rings. The molecule has 8 heavy (non-hydrogen) atoms. The van der Waals surface area contributed by atoms with E-state index in [1.54, 1.807) is 4.57 Å². The number of carbonyl (C=O) groups excluding carboxylic acids is 1. The predicted octanol–water partition coefficient (Wildman–Crippen LogP) is -0.523. The predicted molar refractivity (Wildman–Crippen MR) is 26.1 cm³/mol. The van der Waals surface area contributed by atoms with Crippen molar-refractivity contribution in [2.45, 2.75) is 6.54 Å². The molecule has 0 radical (unpaired) electrons. The Hall–Kier alpha value is -1.19. The van der Waals surface area contributed by atoms with Crippen molar-refractivity contribution in [2.24, 2.45) is 0 Å². The van der Waals surface area contributed by atoms with E-state index in [0.29, 0.717) is 6.54 Å². The number of hydrogen-bond acceptors (Lipinski definition) is 3. The molecule has 0 bridgehead atoms. The van der Waals surface area contributed by atoms with Crippen molar-refractivity contribution in [1.29, 1.82) is 0 Å². The topological polar surface area (TPSA) is 47.8 Å². The third-order valence-corrected chi connectivity index (χ3v) is 0.752. The second-order valence-corrected chi connectivity index (χ2v) is 1.33. The monoisotopic (exact) mass is 111 g/mol. The third kappa shape index (κ3) is 0.900. The first-order chi connectivity index (χ1) is 3.93. The molecule has 1 aromatic heterocycles. The molecule has 0 unspecified atom stereocenters. The van der Waals surface area contributed by atoms with Gasteiger partial charge in [0.1, 0.15) is 18.9 Å². The zero-order chi connectivity index (χ0) is 5.82. The molecule has 0 saturated carbocycles. The van der Waals surface area contributed by atoms with E-state index in [2.05, 4.69) is 10.2 Å². The zero-order valence-corrected chi connectivity index (χ0v) is 4.19. The number of rotatable bonds is 2. The zero-order valence-electron chi connectivity index (χ0n) is 4.19. The summed E-state index contributed by atoms with van der Waals surface area (Å²) in [4.78, 5) is 9.80. The standard InChI is InChI=1S/C4H5N3O/c8-2-1-7-3-5-6-4-7/h2-4H,1H2. The van der Waals surface area contributed by atoms with Gasteiger partial charge in [0, 0.05) is 0 Å². The summed E-state index contributed by atoms with van der Waals surface area (Å²) in [5, 5.41) is 6.99. The van der Waals surface area contributed by atoms with Gasteiger partial charge in [-0.3, -0.25) is 0 Å². The van der Waals surface area contributed by atoms with Crippen molar-refractivity contribution in [1.82, 2.24) is 14.8 Å². The van der Waals surface area contributed by atoms with Gasteiger partial charge in [-0.25, -0.2) is 0 Å². The summed E-state index contributed by atoms with van der Waals surface area (Å²) in [6.07, 6.45) is 3.78. The Kier molecular flexibility index (Phi) is 1.37. The van der Waals surface area contributed by atoms with Crippen LogP contribution in [0.3, 0.4) is 0 Å². The van der Waals surface area contributed by atoms with Crippen LogP contribution < -0.4 is 0 Å². The molecule has 1 heterocycles. The first-order valence-electron chi connectivity index (χ1n) is 2.19. The van der Waals surface area contributed by atoms with Gasteiger partial charge in [-0.2, -0.15) is 0 Å². The Bertz CT molecular complexity index is 158. The van der Waals surface area contributed by atoms with E-state index in [1.807, 2.05) is 0 Å². The van der Waals surface area contributed by atoms with Crippen molar-refractivity contribution >= 4 is 6.29 Å². The van der Waals surface area contributed by atoms with Crippen LogP contribution in [0.2, 0.25) is 0 Å². The molecule has 0 spiro atoms. The summed E-state index contributed by atoms with van der Waals surface area (Å²) >= 11 is 0. The Morgan fingerprint density at radius 3 is 2.62 bits per heavy atom. The van der Waals surface area contributed by atoms with E-state index in [1.165, 1.54) is 12.7 Å². The molecule has 0 saturated heterocycles. The van der Waals surface area contributed by atoms with Crippen LogP contribution in [0.5, 0.6) is 0 Å². The van der Waals surface area contributed by atoms with E-state index < -0.39 is 0 Å². The van der Waals surface area contributed by atoms with Crippen LogP contribution in [-0.2, 0) is 11.3 Å². The Labute approximate surface area is 46.1 Å². The van der Waals surface area contributed by atoms with Crippen LogP contribution in [0, 0.1) is 0 Å². The highest BCUT2D eigenvalue weighted by atomic mass is 16.1. The van der Waals surface area contributed by atoms with Gasteiger partial charge in [-0.15, -0.1) is 10.2 Å². The Balaban J connectivity index is 2.62. The second-order valence-electron chi connectivity index (χ2n) is 1.33. The maximum absolute atomic E-state index is 9.80. The lowest BCUT2D eigenvalue weighted by molar-refractivity contribution is -0.108. The van der Waals surface area contributed by atoms with Crippen LogP contribution >= 0.6 is 0 Å². The summed E-state index contributed by atoms with van der Waals surface area (Å²) in [5.74, 6) is 0. The van der Waals surface area contributed by atoms with Crippen LogP contribution in [0.4, 0.5) is 0 Å². The van der Waals surface area contributed by atoms with Crippen molar-refractivity contribution in [3.8, 4) is 0 Å². The highest BCUT2D eigenvalue weighted by Crippen LogP contribution is 1.75. The van der Waals surface area contributed by atoms with Crippen LogP contribution in [-0.4, -0.2) is 21.1 Å². The molecule has 0 N–H and O–H groups in total. The smallest absolute Gasteiger partial charge is 0.139 e. The lowest BCUT2D eigenvalue weighted by Crippen LogP contribution is -1.93. The van der Waals surface area contributed by atoms with Crippen LogP contribution in [0.1, 0.15) is 0 Å². The molecule has 0 aliphatic carbocycles. The summed E-state index contributed by atoms with van der Waals surface area (Å²) in [7, 11) is 0. The fourth-order valence-electron chi connectivity index (χ4n) is 0.402. The molecule has 4 heteroatoms. The maximum Gasteiger partial charge on any atom is 0.139 e. The molecule has 0 atom stereocenters. The first kappa shape index (κ1) is 4.96. The highest BCUT2D eigenvalue weighted by Gasteiger charge is 1.83. The average Bonchev–Trinajstić information content (AvgIpc) is 2.19. The molecule has 0 fully saturated rings. The fourth-order valence-corrected chi connectivity index (χ4v) is 0.402. The van der Waals surface area contributed by atoms with Gasteiger partial charge < -0.3 is 9.36 Å². The number of nitrogens with zero attached hydrogens (tertiary/aromatic N) is 3. The van der Waals surface area contributed by atoms with Crippen molar-refractivity contribution in [3.05, 3.63) is 12.7 Å². The van der Waals surface area contributed by atoms with Gasteiger partial charge in [0.25, 0.3) is 0 Å². The summed E-state index contributed by atoms with van der Waals surface area (Å²) in [5.41, 5.74) is 0. The van der Waals surface area contributed by atoms with E-state index in [0.717, 1.165) is 6.29 Å². The minimum atomic E-state index is 0.340. The summed E-state index contributed by atoms with van der Waals surface area (Å²) in [6.45, 7) is 0.340. The van der Waals surface area contributed by atoms with E-state index in [4.69, 9.17) is 0 Å². The Morgan fingerprint density at radius 2 is 2.12 bits per heavy atom.